The van der Waals surface area contributed by atoms with Crippen molar-refractivity contribution < 1.29 is 0 Å². The van der Waals surface area contributed by atoms with E-state index in [2.05, 4.69) is 42.2 Å². The Kier molecular flexibility index (Phi) is 3.30. The lowest BCUT2D eigenvalue weighted by atomic mass is 10.2. The third-order valence-electron chi connectivity index (χ3n) is 1.73. The third-order valence-corrected chi connectivity index (χ3v) is 1.73. The molecule has 1 aliphatic heterocycles. The van der Waals surface area contributed by atoms with Gasteiger partial charge in [0.05, 0.1) is 0 Å². The van der Waals surface area contributed by atoms with E-state index in [0.29, 0.717) is 0 Å². The van der Waals surface area contributed by atoms with Gasteiger partial charge in [-0.3, -0.25) is 0 Å². The minimum absolute atomic E-state index is 1.11. The molecule has 0 aliphatic carbocycles. The maximum Gasteiger partial charge on any atom is 0.0373 e. The zero-order valence-corrected chi connectivity index (χ0v) is 7.57. The molecule has 0 saturated carbocycles. The summed E-state index contributed by atoms with van der Waals surface area (Å²) in [5.41, 5.74) is 2.77. The molecule has 1 heterocycles. The number of rotatable bonds is 0. The molecule has 0 unspecified atom stereocenters. The van der Waals surface area contributed by atoms with E-state index in [4.69, 9.17) is 0 Å². The summed E-state index contributed by atoms with van der Waals surface area (Å²) in [5, 5.41) is 3.30. The number of para-hydroxylation sites is 1. The predicted molar refractivity (Wildman–Crippen MR) is 53.5 cm³/mol. The Morgan fingerprint density at radius 3 is 2.73 bits per heavy atom. The van der Waals surface area contributed by atoms with Crippen LogP contribution in [0.25, 0.3) is 0 Å². The molecule has 1 aromatic carbocycles. The van der Waals surface area contributed by atoms with E-state index < -0.39 is 0 Å². The van der Waals surface area contributed by atoms with Crippen molar-refractivity contribution in [1.29, 1.82) is 0 Å². The van der Waals surface area contributed by atoms with E-state index in [0.717, 1.165) is 6.54 Å². The Labute approximate surface area is 73.2 Å². The molecule has 0 atom stereocenters. The van der Waals surface area contributed by atoms with Crippen LogP contribution in [0.4, 0.5) is 5.69 Å². The standard InChI is InChI=1S/C8H9N.CH4S/c1-2-4-8-7(3-1)5-6-9-8;1-2/h1-4,9H,5-6H2;2H,1H3. The molecule has 0 amide bonds. The minimum atomic E-state index is 1.11. The first-order chi connectivity index (χ1) is 5.47. The van der Waals surface area contributed by atoms with Crippen LogP contribution in [-0.4, -0.2) is 12.8 Å². The topological polar surface area (TPSA) is 12.0 Å². The fourth-order valence-electron chi connectivity index (χ4n) is 1.24. The van der Waals surface area contributed by atoms with E-state index >= 15 is 0 Å². The molecule has 0 fully saturated rings. The fourth-order valence-corrected chi connectivity index (χ4v) is 1.24. The average Bonchev–Trinajstić information content (AvgIpc) is 2.55. The fraction of sp³-hybridized carbons (Fsp3) is 0.333. The SMILES string of the molecule is CS.c1ccc2c(c1)CCN2. The predicted octanol–water partition coefficient (Wildman–Crippen LogP) is 2.20. The van der Waals surface area contributed by atoms with Crippen molar-refractivity contribution in [2.45, 2.75) is 6.42 Å². The highest BCUT2D eigenvalue weighted by atomic mass is 32.1. The summed E-state index contributed by atoms with van der Waals surface area (Å²) in [7, 11) is 0. The van der Waals surface area contributed by atoms with Crippen LogP contribution in [0, 0.1) is 0 Å². The van der Waals surface area contributed by atoms with Crippen molar-refractivity contribution in [3.05, 3.63) is 29.8 Å². The Morgan fingerprint density at radius 2 is 2.00 bits per heavy atom. The van der Waals surface area contributed by atoms with Crippen molar-refractivity contribution in [3.8, 4) is 0 Å². The molecule has 0 bridgehead atoms. The van der Waals surface area contributed by atoms with Gasteiger partial charge in [-0.2, -0.15) is 12.6 Å². The van der Waals surface area contributed by atoms with Gasteiger partial charge in [0.25, 0.3) is 0 Å². The van der Waals surface area contributed by atoms with Crippen LogP contribution in [0.15, 0.2) is 24.3 Å². The number of hydrogen-bond acceptors (Lipinski definition) is 2. The van der Waals surface area contributed by atoms with Crippen molar-refractivity contribution >= 4 is 18.3 Å². The number of hydrogen-bond donors (Lipinski definition) is 2. The summed E-state index contributed by atoms with van der Waals surface area (Å²) in [6, 6.07) is 8.46. The van der Waals surface area contributed by atoms with E-state index in [9.17, 15) is 0 Å². The van der Waals surface area contributed by atoms with Gasteiger partial charge in [-0.25, -0.2) is 0 Å². The minimum Gasteiger partial charge on any atom is -0.384 e. The molecule has 0 saturated heterocycles. The van der Waals surface area contributed by atoms with E-state index in [1.165, 1.54) is 17.7 Å². The molecule has 0 aromatic heterocycles. The highest BCUT2D eigenvalue weighted by Gasteiger charge is 2.05. The van der Waals surface area contributed by atoms with Crippen molar-refractivity contribution in [1.82, 2.24) is 0 Å². The first-order valence-electron chi connectivity index (χ1n) is 3.73. The van der Waals surface area contributed by atoms with Crippen LogP contribution in [0.1, 0.15) is 5.56 Å². The zero-order chi connectivity index (χ0) is 8.10. The van der Waals surface area contributed by atoms with Gasteiger partial charge in [-0.1, -0.05) is 18.2 Å². The molecular formula is C9H13NS. The van der Waals surface area contributed by atoms with E-state index in [1.54, 1.807) is 6.26 Å². The Hall–Kier alpha value is -0.630. The Balaban J connectivity index is 0.000000281. The van der Waals surface area contributed by atoms with Gasteiger partial charge in [-0.05, 0) is 24.3 Å². The second kappa shape index (κ2) is 4.29. The summed E-state index contributed by atoms with van der Waals surface area (Å²) in [4.78, 5) is 0. The number of benzene rings is 1. The number of fused-ring (bicyclic) bond motifs is 1. The summed E-state index contributed by atoms with van der Waals surface area (Å²) in [5.74, 6) is 0. The van der Waals surface area contributed by atoms with Crippen molar-refractivity contribution in [2.24, 2.45) is 0 Å². The molecule has 0 radical (unpaired) electrons. The summed E-state index contributed by atoms with van der Waals surface area (Å²) >= 11 is 3.53. The molecule has 1 N–H and O–H groups in total. The van der Waals surface area contributed by atoms with Gasteiger partial charge < -0.3 is 5.32 Å². The van der Waals surface area contributed by atoms with Gasteiger partial charge in [0, 0.05) is 12.2 Å². The average molecular weight is 167 g/mol. The van der Waals surface area contributed by atoms with Gasteiger partial charge in [0.2, 0.25) is 0 Å². The van der Waals surface area contributed by atoms with Crippen molar-refractivity contribution in [3.63, 3.8) is 0 Å². The van der Waals surface area contributed by atoms with E-state index in [1.807, 2.05) is 0 Å². The van der Waals surface area contributed by atoms with Crippen LogP contribution >= 0.6 is 12.6 Å². The Bertz CT molecular complexity index is 200. The summed E-state index contributed by atoms with van der Waals surface area (Å²) < 4.78 is 0. The Morgan fingerprint density at radius 1 is 1.27 bits per heavy atom. The quantitative estimate of drug-likeness (QED) is 0.564. The van der Waals surface area contributed by atoms with Crippen LogP contribution < -0.4 is 5.32 Å². The van der Waals surface area contributed by atoms with Gasteiger partial charge in [-0.15, -0.1) is 0 Å². The van der Waals surface area contributed by atoms with Gasteiger partial charge in [0.1, 0.15) is 0 Å². The first kappa shape index (κ1) is 8.47. The summed E-state index contributed by atoms with van der Waals surface area (Å²) in [6.45, 7) is 1.11. The lowest BCUT2D eigenvalue weighted by Crippen LogP contribution is -1.90. The molecule has 11 heavy (non-hydrogen) atoms. The van der Waals surface area contributed by atoms with E-state index in [-0.39, 0.29) is 0 Å². The molecule has 2 rings (SSSR count). The smallest absolute Gasteiger partial charge is 0.0373 e. The van der Waals surface area contributed by atoms with Crippen LogP contribution in [0.3, 0.4) is 0 Å². The second-order valence-electron chi connectivity index (χ2n) is 2.33. The molecule has 1 nitrogen and oxygen atoms in total. The molecule has 0 spiro atoms. The number of anilines is 1. The number of nitrogens with one attached hydrogen (secondary N) is 1. The third kappa shape index (κ3) is 1.90. The maximum absolute atomic E-state index is 3.53. The zero-order valence-electron chi connectivity index (χ0n) is 6.67. The summed E-state index contributed by atoms with van der Waals surface area (Å²) in [6.07, 6.45) is 2.89. The van der Waals surface area contributed by atoms with Gasteiger partial charge >= 0.3 is 0 Å². The largest absolute Gasteiger partial charge is 0.384 e. The van der Waals surface area contributed by atoms with Crippen LogP contribution in [0.5, 0.6) is 0 Å². The molecule has 1 aromatic rings. The second-order valence-corrected chi connectivity index (χ2v) is 2.33. The number of thiol groups is 1. The lowest BCUT2D eigenvalue weighted by molar-refractivity contribution is 1.11. The van der Waals surface area contributed by atoms with Crippen molar-refractivity contribution in [2.75, 3.05) is 18.1 Å². The van der Waals surface area contributed by atoms with Gasteiger partial charge in [0.15, 0.2) is 0 Å². The highest BCUT2D eigenvalue weighted by molar-refractivity contribution is 7.79. The van der Waals surface area contributed by atoms with Crippen LogP contribution in [-0.2, 0) is 6.42 Å². The highest BCUT2D eigenvalue weighted by Crippen LogP contribution is 2.19. The van der Waals surface area contributed by atoms with Crippen LogP contribution in [0.2, 0.25) is 0 Å². The molecule has 2 heteroatoms. The molecular weight excluding hydrogens is 154 g/mol. The normalized spacial score (nSPS) is 12.5. The monoisotopic (exact) mass is 167 g/mol. The molecule has 60 valence electrons. The molecule has 1 aliphatic rings. The maximum atomic E-state index is 3.53. The lowest BCUT2D eigenvalue weighted by Gasteiger charge is -1.94. The first-order valence-corrected chi connectivity index (χ1v) is 4.63.